The number of benzene rings is 1. The molecule has 0 spiro atoms. The average molecular weight is 234 g/mol. The second-order valence-corrected chi connectivity index (χ2v) is 3.65. The van der Waals surface area contributed by atoms with Crippen LogP contribution in [0.1, 0.15) is 15.9 Å². The number of carbonyl (C=O) groups excluding carboxylic acids is 1. The molecule has 0 saturated carbocycles. The van der Waals surface area contributed by atoms with Crippen LogP contribution in [-0.4, -0.2) is 10.8 Å². The third-order valence-corrected chi connectivity index (χ3v) is 2.42. The quantitative estimate of drug-likeness (QED) is 0.466. The Hall–Kier alpha value is -2.73. The van der Waals surface area contributed by atoms with E-state index in [1.54, 1.807) is 54.9 Å². The van der Waals surface area contributed by atoms with Crippen molar-refractivity contribution in [3.63, 3.8) is 0 Å². The number of ketones is 1. The number of rotatable bonds is 3. The number of carbonyl (C=O) groups is 1. The van der Waals surface area contributed by atoms with Crippen LogP contribution in [0.3, 0.4) is 0 Å². The van der Waals surface area contributed by atoms with Crippen LogP contribution < -0.4 is 0 Å². The molecule has 0 radical (unpaired) electrons. The van der Waals surface area contributed by atoms with Crippen molar-refractivity contribution >= 4 is 11.9 Å². The SMILES string of the molecule is N#C/C(=C/c1ccncc1)C(=O)c1ccccc1. The summed E-state index contributed by atoms with van der Waals surface area (Å²) in [6.07, 6.45) is 4.80. The molecule has 0 aliphatic rings. The first-order chi connectivity index (χ1) is 8.81. The highest BCUT2D eigenvalue weighted by molar-refractivity contribution is 6.13. The van der Waals surface area contributed by atoms with E-state index in [-0.39, 0.29) is 11.4 Å². The van der Waals surface area contributed by atoms with Gasteiger partial charge in [-0.15, -0.1) is 0 Å². The molecule has 1 aromatic carbocycles. The van der Waals surface area contributed by atoms with Gasteiger partial charge in [-0.25, -0.2) is 0 Å². The van der Waals surface area contributed by atoms with Gasteiger partial charge in [-0.05, 0) is 23.8 Å². The Morgan fingerprint density at radius 2 is 1.78 bits per heavy atom. The molecule has 0 atom stereocenters. The Morgan fingerprint density at radius 3 is 2.39 bits per heavy atom. The minimum Gasteiger partial charge on any atom is -0.288 e. The molecule has 0 fully saturated rings. The third kappa shape index (κ3) is 2.69. The summed E-state index contributed by atoms with van der Waals surface area (Å²) in [5.41, 5.74) is 1.41. The van der Waals surface area contributed by atoms with Crippen LogP contribution in [0.15, 0.2) is 60.4 Å². The van der Waals surface area contributed by atoms with E-state index in [9.17, 15) is 4.79 Å². The minimum atomic E-state index is -0.269. The Kier molecular flexibility index (Phi) is 3.62. The molecular weight excluding hydrogens is 224 g/mol. The number of hydrogen-bond acceptors (Lipinski definition) is 3. The van der Waals surface area contributed by atoms with Crippen molar-refractivity contribution in [2.45, 2.75) is 0 Å². The van der Waals surface area contributed by atoms with Crippen molar-refractivity contribution in [1.29, 1.82) is 5.26 Å². The Labute approximate surface area is 105 Å². The smallest absolute Gasteiger partial charge is 0.203 e. The van der Waals surface area contributed by atoms with Crippen molar-refractivity contribution < 1.29 is 4.79 Å². The lowest BCUT2D eigenvalue weighted by atomic mass is 10.0. The van der Waals surface area contributed by atoms with Gasteiger partial charge < -0.3 is 0 Å². The summed E-state index contributed by atoms with van der Waals surface area (Å²) in [6, 6.07) is 14.2. The number of nitrogens with zero attached hydrogens (tertiary/aromatic N) is 2. The van der Waals surface area contributed by atoms with Crippen molar-refractivity contribution in [2.75, 3.05) is 0 Å². The van der Waals surface area contributed by atoms with Crippen LogP contribution in [0.5, 0.6) is 0 Å². The van der Waals surface area contributed by atoms with Crippen molar-refractivity contribution in [1.82, 2.24) is 4.98 Å². The molecule has 2 aromatic rings. The summed E-state index contributed by atoms with van der Waals surface area (Å²) in [4.78, 5) is 16.0. The zero-order chi connectivity index (χ0) is 12.8. The van der Waals surface area contributed by atoms with Crippen LogP contribution in [0.2, 0.25) is 0 Å². The molecule has 0 N–H and O–H groups in total. The first kappa shape index (κ1) is 11.7. The fourth-order valence-corrected chi connectivity index (χ4v) is 1.52. The lowest BCUT2D eigenvalue weighted by Crippen LogP contribution is -2.01. The highest BCUT2D eigenvalue weighted by Crippen LogP contribution is 2.11. The van der Waals surface area contributed by atoms with Gasteiger partial charge in [0.05, 0.1) is 0 Å². The van der Waals surface area contributed by atoms with E-state index in [1.165, 1.54) is 0 Å². The van der Waals surface area contributed by atoms with E-state index >= 15 is 0 Å². The number of allylic oxidation sites excluding steroid dienone is 1. The predicted molar refractivity (Wildman–Crippen MR) is 68.6 cm³/mol. The van der Waals surface area contributed by atoms with Crippen LogP contribution in [-0.2, 0) is 0 Å². The summed E-state index contributed by atoms with van der Waals surface area (Å²) in [5.74, 6) is -0.269. The standard InChI is InChI=1S/C15H10N2O/c16-11-14(10-12-6-8-17-9-7-12)15(18)13-4-2-1-3-5-13/h1-10H/b14-10-. The van der Waals surface area contributed by atoms with Crippen LogP contribution in [0.4, 0.5) is 0 Å². The number of nitriles is 1. The molecule has 1 heterocycles. The molecule has 18 heavy (non-hydrogen) atoms. The first-order valence-corrected chi connectivity index (χ1v) is 5.43. The van der Waals surface area contributed by atoms with Gasteiger partial charge in [-0.1, -0.05) is 30.3 Å². The lowest BCUT2D eigenvalue weighted by molar-refractivity contribution is 0.104. The molecular formula is C15H10N2O. The van der Waals surface area contributed by atoms with Crippen LogP contribution >= 0.6 is 0 Å². The van der Waals surface area contributed by atoms with Gasteiger partial charge >= 0.3 is 0 Å². The monoisotopic (exact) mass is 234 g/mol. The van der Waals surface area contributed by atoms with Gasteiger partial charge in [0.2, 0.25) is 5.78 Å². The molecule has 86 valence electrons. The first-order valence-electron chi connectivity index (χ1n) is 5.43. The summed E-state index contributed by atoms with van der Waals surface area (Å²) >= 11 is 0. The van der Waals surface area contributed by atoms with Crippen molar-refractivity contribution in [2.24, 2.45) is 0 Å². The molecule has 0 amide bonds. The van der Waals surface area contributed by atoms with Gasteiger partial charge in [0, 0.05) is 18.0 Å². The molecule has 0 aliphatic heterocycles. The summed E-state index contributed by atoms with van der Waals surface area (Å²) in [7, 11) is 0. The molecule has 3 nitrogen and oxygen atoms in total. The highest BCUT2D eigenvalue weighted by Gasteiger charge is 2.11. The minimum absolute atomic E-state index is 0.118. The number of hydrogen-bond donors (Lipinski definition) is 0. The fraction of sp³-hybridized carbons (Fsp3) is 0. The largest absolute Gasteiger partial charge is 0.288 e. The van der Waals surface area contributed by atoms with E-state index in [1.807, 2.05) is 12.1 Å². The normalized spacial score (nSPS) is 10.7. The van der Waals surface area contributed by atoms with Gasteiger partial charge in [0.25, 0.3) is 0 Å². The second-order valence-electron chi connectivity index (χ2n) is 3.65. The Morgan fingerprint density at radius 1 is 1.11 bits per heavy atom. The predicted octanol–water partition coefficient (Wildman–Crippen LogP) is 2.87. The Balaban J connectivity index is 2.34. The van der Waals surface area contributed by atoms with E-state index in [4.69, 9.17) is 5.26 Å². The zero-order valence-corrected chi connectivity index (χ0v) is 9.58. The number of Topliss-reactive ketones (excluding diaryl/α,β-unsaturated/α-hetero) is 1. The van der Waals surface area contributed by atoms with E-state index < -0.39 is 0 Å². The van der Waals surface area contributed by atoms with E-state index in [2.05, 4.69) is 4.98 Å². The molecule has 0 unspecified atom stereocenters. The molecule has 0 saturated heterocycles. The van der Waals surface area contributed by atoms with E-state index in [0.717, 1.165) is 5.56 Å². The number of pyridine rings is 1. The van der Waals surface area contributed by atoms with Crippen LogP contribution in [0.25, 0.3) is 6.08 Å². The topological polar surface area (TPSA) is 53.8 Å². The average Bonchev–Trinajstić information content (AvgIpc) is 2.46. The molecule has 0 bridgehead atoms. The van der Waals surface area contributed by atoms with Gasteiger partial charge in [-0.2, -0.15) is 5.26 Å². The Bertz CT molecular complexity index is 610. The third-order valence-electron chi connectivity index (χ3n) is 2.42. The van der Waals surface area contributed by atoms with Gasteiger partial charge in [-0.3, -0.25) is 9.78 Å². The van der Waals surface area contributed by atoms with Gasteiger partial charge in [0.15, 0.2) is 0 Å². The highest BCUT2D eigenvalue weighted by atomic mass is 16.1. The summed E-state index contributed by atoms with van der Waals surface area (Å²) in [6.45, 7) is 0. The molecule has 1 aromatic heterocycles. The molecule has 3 heteroatoms. The molecule has 0 aliphatic carbocycles. The number of aromatic nitrogens is 1. The fourth-order valence-electron chi connectivity index (χ4n) is 1.52. The zero-order valence-electron chi connectivity index (χ0n) is 9.58. The maximum atomic E-state index is 12.1. The van der Waals surface area contributed by atoms with Crippen molar-refractivity contribution in [3.8, 4) is 6.07 Å². The summed E-state index contributed by atoms with van der Waals surface area (Å²) < 4.78 is 0. The van der Waals surface area contributed by atoms with E-state index in [0.29, 0.717) is 5.56 Å². The molecule has 2 rings (SSSR count). The maximum Gasteiger partial charge on any atom is 0.203 e. The van der Waals surface area contributed by atoms with Gasteiger partial charge in [0.1, 0.15) is 11.6 Å². The van der Waals surface area contributed by atoms with Crippen molar-refractivity contribution in [3.05, 3.63) is 71.6 Å². The lowest BCUT2D eigenvalue weighted by Gasteiger charge is -1.99. The van der Waals surface area contributed by atoms with Crippen LogP contribution in [0, 0.1) is 11.3 Å². The second kappa shape index (κ2) is 5.55. The maximum absolute atomic E-state index is 12.1. The summed E-state index contributed by atoms with van der Waals surface area (Å²) in [5, 5.41) is 9.06.